The van der Waals surface area contributed by atoms with E-state index in [1.54, 1.807) is 12.1 Å². The molecule has 0 aliphatic heterocycles. The molecule has 0 N–H and O–H groups in total. The van der Waals surface area contributed by atoms with Gasteiger partial charge in [0.15, 0.2) is 6.61 Å². The van der Waals surface area contributed by atoms with E-state index in [2.05, 4.69) is 5.10 Å². The van der Waals surface area contributed by atoms with E-state index < -0.39 is 5.97 Å². The lowest BCUT2D eigenvalue weighted by atomic mass is 10.1. The second kappa shape index (κ2) is 9.35. The summed E-state index contributed by atoms with van der Waals surface area (Å²) in [5.41, 5.74) is 5.91. The molecule has 3 rings (SSSR count). The van der Waals surface area contributed by atoms with Crippen LogP contribution in [-0.2, 0) is 23.1 Å². The number of ether oxygens (including phenoxy) is 1. The SMILES string of the molecule is Cc1nn(Cc2ccccc2Cl)c(C)c1C=CC(=O)OCC(=O)c1cc(C)n(C)c1C. The molecule has 162 valence electrons. The van der Waals surface area contributed by atoms with Crippen LogP contribution in [0.2, 0.25) is 5.02 Å². The average molecular weight is 440 g/mol. The molecule has 0 fully saturated rings. The molecule has 2 heterocycles. The summed E-state index contributed by atoms with van der Waals surface area (Å²) >= 11 is 6.25. The van der Waals surface area contributed by atoms with Crippen LogP contribution in [0.4, 0.5) is 0 Å². The van der Waals surface area contributed by atoms with Crippen molar-refractivity contribution in [1.29, 1.82) is 0 Å². The standard InChI is InChI=1S/C24H26ClN3O3/c1-15-12-21(17(3)27(15)5)23(29)14-31-24(30)11-10-20-16(2)26-28(18(20)4)13-19-8-6-7-9-22(19)25/h6-12H,13-14H2,1-5H3. The minimum absolute atomic E-state index is 0.220. The van der Waals surface area contributed by atoms with E-state index in [0.29, 0.717) is 17.1 Å². The number of carbonyl (C=O) groups is 2. The maximum absolute atomic E-state index is 12.4. The predicted octanol–water partition coefficient (Wildman–Crippen LogP) is 4.60. The fourth-order valence-corrected chi connectivity index (χ4v) is 3.64. The van der Waals surface area contributed by atoms with E-state index >= 15 is 0 Å². The van der Waals surface area contributed by atoms with Gasteiger partial charge in [-0.3, -0.25) is 9.48 Å². The highest BCUT2D eigenvalue weighted by Gasteiger charge is 2.16. The first-order valence-electron chi connectivity index (χ1n) is 9.97. The predicted molar refractivity (Wildman–Crippen MR) is 121 cm³/mol. The number of nitrogens with zero attached hydrogens (tertiary/aromatic N) is 3. The molecule has 0 bridgehead atoms. The van der Waals surface area contributed by atoms with Crippen LogP contribution in [0, 0.1) is 27.7 Å². The second-order valence-corrected chi connectivity index (χ2v) is 7.95. The first-order valence-corrected chi connectivity index (χ1v) is 10.3. The number of aryl methyl sites for hydroxylation is 2. The van der Waals surface area contributed by atoms with Crippen molar-refractivity contribution < 1.29 is 14.3 Å². The highest BCUT2D eigenvalue weighted by molar-refractivity contribution is 6.31. The molecule has 0 amide bonds. The zero-order valence-corrected chi connectivity index (χ0v) is 19.2. The molecule has 31 heavy (non-hydrogen) atoms. The summed E-state index contributed by atoms with van der Waals surface area (Å²) in [7, 11) is 1.90. The quantitative estimate of drug-likeness (QED) is 0.306. The van der Waals surface area contributed by atoms with E-state index in [1.165, 1.54) is 6.08 Å². The number of rotatable bonds is 7. The minimum Gasteiger partial charge on any atom is -0.454 e. The molecule has 0 aliphatic carbocycles. The fourth-order valence-electron chi connectivity index (χ4n) is 3.45. The Balaban J connectivity index is 1.65. The summed E-state index contributed by atoms with van der Waals surface area (Å²) in [6.07, 6.45) is 3.00. The van der Waals surface area contributed by atoms with Crippen molar-refractivity contribution >= 4 is 29.4 Å². The van der Waals surface area contributed by atoms with Gasteiger partial charge in [-0.05, 0) is 51.5 Å². The Morgan fingerprint density at radius 3 is 2.48 bits per heavy atom. The van der Waals surface area contributed by atoms with Crippen molar-refractivity contribution in [3.05, 3.63) is 80.9 Å². The smallest absolute Gasteiger partial charge is 0.331 e. The highest BCUT2D eigenvalue weighted by Crippen LogP contribution is 2.20. The topological polar surface area (TPSA) is 66.1 Å². The maximum Gasteiger partial charge on any atom is 0.331 e. The van der Waals surface area contributed by atoms with Crippen LogP contribution in [0.3, 0.4) is 0 Å². The summed E-state index contributed by atoms with van der Waals surface area (Å²) in [6.45, 7) is 7.85. The van der Waals surface area contributed by atoms with Gasteiger partial charge >= 0.3 is 5.97 Å². The van der Waals surface area contributed by atoms with Crippen molar-refractivity contribution in [2.45, 2.75) is 34.2 Å². The molecule has 7 heteroatoms. The van der Waals surface area contributed by atoms with E-state index in [0.717, 1.165) is 33.9 Å². The van der Waals surface area contributed by atoms with Crippen LogP contribution >= 0.6 is 11.6 Å². The van der Waals surface area contributed by atoms with Gasteiger partial charge in [0.2, 0.25) is 5.78 Å². The van der Waals surface area contributed by atoms with Crippen molar-refractivity contribution in [2.75, 3.05) is 6.61 Å². The molecular formula is C24H26ClN3O3. The molecule has 1 aromatic carbocycles. The van der Waals surface area contributed by atoms with Gasteiger partial charge in [0.05, 0.1) is 12.2 Å². The Morgan fingerprint density at radius 1 is 1.13 bits per heavy atom. The lowest BCUT2D eigenvalue weighted by Crippen LogP contribution is -2.13. The zero-order chi connectivity index (χ0) is 22.7. The number of benzene rings is 1. The molecule has 6 nitrogen and oxygen atoms in total. The number of esters is 1. The van der Waals surface area contributed by atoms with Gasteiger partial charge in [-0.2, -0.15) is 5.10 Å². The van der Waals surface area contributed by atoms with E-state index in [-0.39, 0.29) is 12.4 Å². The summed E-state index contributed by atoms with van der Waals surface area (Å²) in [5.74, 6) is -0.792. The van der Waals surface area contributed by atoms with E-state index in [1.807, 2.05) is 68.3 Å². The van der Waals surface area contributed by atoms with Crippen LogP contribution in [0.15, 0.2) is 36.4 Å². The highest BCUT2D eigenvalue weighted by atomic mass is 35.5. The van der Waals surface area contributed by atoms with Crippen molar-refractivity contribution in [2.24, 2.45) is 7.05 Å². The van der Waals surface area contributed by atoms with Gasteiger partial charge in [0.25, 0.3) is 0 Å². The number of hydrogen-bond acceptors (Lipinski definition) is 4. The third kappa shape index (κ3) is 4.97. The van der Waals surface area contributed by atoms with Crippen molar-refractivity contribution in [3.8, 4) is 0 Å². The Morgan fingerprint density at radius 2 is 1.84 bits per heavy atom. The number of Topliss-reactive ketones (excluding diaryl/α,β-unsaturated/α-hetero) is 1. The largest absolute Gasteiger partial charge is 0.454 e. The number of aromatic nitrogens is 3. The number of carbonyl (C=O) groups excluding carboxylic acids is 2. The molecular weight excluding hydrogens is 414 g/mol. The Labute approximate surface area is 187 Å². The maximum atomic E-state index is 12.4. The third-order valence-corrected chi connectivity index (χ3v) is 5.89. The number of ketones is 1. The van der Waals surface area contributed by atoms with Gasteiger partial charge in [-0.15, -0.1) is 0 Å². The number of hydrogen-bond donors (Lipinski definition) is 0. The Hall–Kier alpha value is -3.12. The van der Waals surface area contributed by atoms with E-state index in [9.17, 15) is 9.59 Å². The summed E-state index contributed by atoms with van der Waals surface area (Å²) < 4.78 is 8.94. The molecule has 2 aromatic heterocycles. The van der Waals surface area contributed by atoms with Crippen molar-refractivity contribution in [3.63, 3.8) is 0 Å². The normalized spacial score (nSPS) is 11.3. The first-order chi connectivity index (χ1) is 14.7. The molecule has 0 saturated heterocycles. The molecule has 0 atom stereocenters. The summed E-state index contributed by atoms with van der Waals surface area (Å²) in [5, 5.41) is 5.24. The van der Waals surface area contributed by atoms with Gasteiger partial charge in [0, 0.05) is 46.4 Å². The monoisotopic (exact) mass is 439 g/mol. The van der Waals surface area contributed by atoms with Gasteiger partial charge in [0.1, 0.15) is 0 Å². The average Bonchev–Trinajstić information content (AvgIpc) is 3.15. The fraction of sp³-hybridized carbons (Fsp3) is 0.292. The van der Waals surface area contributed by atoms with Crippen molar-refractivity contribution in [1.82, 2.24) is 14.3 Å². The Bertz CT molecular complexity index is 1170. The second-order valence-electron chi connectivity index (χ2n) is 7.54. The van der Waals surface area contributed by atoms with Gasteiger partial charge in [-0.25, -0.2) is 4.79 Å². The van der Waals surface area contributed by atoms with Crippen LogP contribution in [0.25, 0.3) is 6.08 Å². The molecule has 0 spiro atoms. The number of halogens is 1. The van der Waals surface area contributed by atoms with Gasteiger partial charge < -0.3 is 9.30 Å². The lowest BCUT2D eigenvalue weighted by molar-refractivity contribution is -0.136. The van der Waals surface area contributed by atoms with Crippen LogP contribution in [0.5, 0.6) is 0 Å². The molecule has 0 radical (unpaired) electrons. The summed E-state index contributed by atoms with van der Waals surface area (Å²) in [6, 6.07) is 9.43. The van der Waals surface area contributed by atoms with Crippen LogP contribution in [-0.4, -0.2) is 32.7 Å². The lowest BCUT2D eigenvalue weighted by Gasteiger charge is -2.06. The molecule has 3 aromatic rings. The molecule has 0 unspecified atom stereocenters. The minimum atomic E-state index is -0.573. The Kier molecular flexibility index (Phi) is 6.81. The van der Waals surface area contributed by atoms with Crippen LogP contribution in [0.1, 0.15) is 44.3 Å². The van der Waals surface area contributed by atoms with E-state index in [4.69, 9.17) is 16.3 Å². The zero-order valence-electron chi connectivity index (χ0n) is 18.4. The molecule has 0 saturated carbocycles. The third-order valence-electron chi connectivity index (χ3n) is 5.52. The summed E-state index contributed by atoms with van der Waals surface area (Å²) in [4.78, 5) is 24.5. The first kappa shape index (κ1) is 22.6. The van der Waals surface area contributed by atoms with Gasteiger partial charge in [-0.1, -0.05) is 29.8 Å². The molecule has 0 aliphatic rings. The van der Waals surface area contributed by atoms with Crippen LogP contribution < -0.4 is 0 Å².